The Bertz CT molecular complexity index is 3180. The smallest absolute Gasteiger partial charge is 0.0640 e. The van der Waals surface area contributed by atoms with Crippen molar-refractivity contribution in [2.75, 3.05) is 0 Å². The van der Waals surface area contributed by atoms with Gasteiger partial charge in [-0.25, -0.2) is 0 Å². The highest BCUT2D eigenvalue weighted by Gasteiger charge is 2.18. The number of rotatable bonds is 4. The van der Waals surface area contributed by atoms with E-state index in [0.29, 0.717) is 0 Å². The summed E-state index contributed by atoms with van der Waals surface area (Å²) in [6, 6.07) is 69.2. The summed E-state index contributed by atoms with van der Waals surface area (Å²) < 4.78 is 5.11. The number of thiophene rings is 1. The average molecular weight is 678 g/mol. The van der Waals surface area contributed by atoms with Gasteiger partial charge in [0.15, 0.2) is 0 Å². The number of fused-ring (bicyclic) bond motifs is 9. The molecule has 0 bridgehead atoms. The minimum Gasteiger partial charge on any atom is -0.308 e. The first-order chi connectivity index (χ1) is 25.8. The van der Waals surface area contributed by atoms with Crippen LogP contribution in [0.5, 0.6) is 0 Å². The molecule has 0 fully saturated rings. The van der Waals surface area contributed by atoms with E-state index in [1.807, 2.05) is 11.3 Å². The van der Waals surface area contributed by atoms with Gasteiger partial charge in [0.25, 0.3) is 0 Å². The number of para-hydroxylation sites is 1. The molecule has 2 aromatic heterocycles. The fourth-order valence-electron chi connectivity index (χ4n) is 8.41. The van der Waals surface area contributed by atoms with E-state index in [1.165, 1.54) is 103 Å². The van der Waals surface area contributed by atoms with E-state index in [4.69, 9.17) is 0 Å². The zero-order valence-corrected chi connectivity index (χ0v) is 29.1. The van der Waals surface area contributed by atoms with E-state index in [-0.39, 0.29) is 0 Å². The van der Waals surface area contributed by atoms with Crippen molar-refractivity contribution in [2.24, 2.45) is 0 Å². The van der Waals surface area contributed by atoms with E-state index in [0.717, 1.165) is 0 Å². The van der Waals surface area contributed by atoms with Crippen molar-refractivity contribution in [1.82, 2.24) is 4.57 Å². The van der Waals surface area contributed by atoms with E-state index >= 15 is 0 Å². The molecule has 2 heteroatoms. The van der Waals surface area contributed by atoms with Gasteiger partial charge in [0.1, 0.15) is 0 Å². The van der Waals surface area contributed by atoms with Crippen LogP contribution in [0.1, 0.15) is 0 Å². The Morgan fingerprint density at radius 3 is 1.87 bits per heavy atom. The van der Waals surface area contributed by atoms with Gasteiger partial charge in [-0.1, -0.05) is 146 Å². The molecule has 0 unspecified atom stereocenters. The Balaban J connectivity index is 1.12. The molecule has 0 radical (unpaired) electrons. The fourth-order valence-corrected chi connectivity index (χ4v) is 9.62. The van der Waals surface area contributed by atoms with E-state index in [1.54, 1.807) is 0 Å². The molecule has 2 heterocycles. The molecule has 0 saturated heterocycles. The number of aromatic nitrogens is 1. The van der Waals surface area contributed by atoms with Crippen molar-refractivity contribution in [2.45, 2.75) is 0 Å². The van der Waals surface area contributed by atoms with Gasteiger partial charge >= 0.3 is 0 Å². The van der Waals surface area contributed by atoms with Crippen LogP contribution in [0.15, 0.2) is 188 Å². The maximum absolute atomic E-state index is 2.47. The van der Waals surface area contributed by atoms with E-state index in [9.17, 15) is 0 Å². The van der Waals surface area contributed by atoms with Crippen LogP contribution < -0.4 is 0 Å². The molecule has 52 heavy (non-hydrogen) atoms. The summed E-state index contributed by atoms with van der Waals surface area (Å²) in [7, 11) is 0. The first-order valence-corrected chi connectivity index (χ1v) is 18.7. The minimum absolute atomic E-state index is 1.22. The highest BCUT2D eigenvalue weighted by molar-refractivity contribution is 7.26. The van der Waals surface area contributed by atoms with Crippen molar-refractivity contribution in [3.05, 3.63) is 188 Å². The molecule has 0 N–H and O–H groups in total. The Morgan fingerprint density at radius 2 is 0.981 bits per heavy atom. The molecule has 242 valence electrons. The van der Waals surface area contributed by atoms with Gasteiger partial charge in [0, 0.05) is 26.2 Å². The summed E-state index contributed by atoms with van der Waals surface area (Å²) in [5.41, 5.74) is 11.1. The predicted molar refractivity (Wildman–Crippen MR) is 225 cm³/mol. The Labute approximate surface area is 305 Å². The molecule has 0 amide bonds. The number of hydrogen-bond donors (Lipinski definition) is 0. The van der Waals surface area contributed by atoms with Gasteiger partial charge in [0.05, 0.1) is 21.4 Å². The third kappa shape index (κ3) is 4.41. The lowest BCUT2D eigenvalue weighted by molar-refractivity contribution is 1.20. The number of benzene rings is 9. The molecule has 0 aliphatic carbocycles. The van der Waals surface area contributed by atoms with E-state index < -0.39 is 0 Å². The first kappa shape index (κ1) is 29.3. The van der Waals surface area contributed by atoms with Crippen LogP contribution in [-0.2, 0) is 0 Å². The maximum Gasteiger partial charge on any atom is 0.0640 e. The van der Waals surface area contributed by atoms with Crippen LogP contribution in [0, 0.1) is 0 Å². The monoisotopic (exact) mass is 677 g/mol. The van der Waals surface area contributed by atoms with E-state index in [2.05, 4.69) is 193 Å². The molecule has 0 atom stereocenters. The molecular formula is C50H31NS. The zero-order valence-electron chi connectivity index (χ0n) is 28.3. The maximum atomic E-state index is 2.47. The fraction of sp³-hybridized carbons (Fsp3) is 0. The van der Waals surface area contributed by atoms with Gasteiger partial charge in [-0.15, -0.1) is 11.3 Å². The Morgan fingerprint density at radius 1 is 0.327 bits per heavy atom. The predicted octanol–water partition coefficient (Wildman–Crippen LogP) is 14.5. The molecule has 0 saturated carbocycles. The lowest BCUT2D eigenvalue weighted by Crippen LogP contribution is -1.93. The number of nitrogens with zero attached hydrogens (tertiary/aromatic N) is 1. The lowest BCUT2D eigenvalue weighted by atomic mass is 9.88. The molecule has 0 aliphatic heterocycles. The summed E-state index contributed by atoms with van der Waals surface area (Å²) in [6.45, 7) is 0. The van der Waals surface area contributed by atoms with Crippen LogP contribution in [0.25, 0.3) is 103 Å². The van der Waals surface area contributed by atoms with Gasteiger partial charge in [-0.2, -0.15) is 0 Å². The highest BCUT2D eigenvalue weighted by atomic mass is 32.1. The largest absolute Gasteiger partial charge is 0.308 e. The van der Waals surface area contributed by atoms with Crippen molar-refractivity contribution >= 4 is 74.9 Å². The van der Waals surface area contributed by atoms with Crippen LogP contribution >= 0.6 is 11.3 Å². The van der Waals surface area contributed by atoms with Crippen molar-refractivity contribution in [1.29, 1.82) is 0 Å². The second-order valence-corrected chi connectivity index (χ2v) is 14.7. The second kappa shape index (κ2) is 11.5. The Hall–Kier alpha value is -6.48. The van der Waals surface area contributed by atoms with Crippen LogP contribution in [0.2, 0.25) is 0 Å². The van der Waals surface area contributed by atoms with Crippen LogP contribution in [-0.4, -0.2) is 4.57 Å². The van der Waals surface area contributed by atoms with Crippen LogP contribution in [0.4, 0.5) is 0 Å². The molecule has 9 aromatic carbocycles. The highest BCUT2D eigenvalue weighted by Crippen LogP contribution is 2.43. The second-order valence-electron chi connectivity index (χ2n) is 13.7. The third-order valence-corrected chi connectivity index (χ3v) is 12.0. The quantitative estimate of drug-likeness (QED) is 0.163. The normalized spacial score (nSPS) is 11.8. The third-order valence-electron chi connectivity index (χ3n) is 10.8. The molecular weight excluding hydrogens is 647 g/mol. The standard InChI is InChI=1S/C50H31NS/c1-2-13-32(14-3-1)36-16-6-7-18-38(36)44-31-35-15-4-5-17-37(35)43-29-33(25-27-39(43)44)34-26-28-47-45(30-34)40-19-8-10-22-46(40)51(47)48-23-12-21-42-41-20-9-11-24-49(41)52-50(42)48/h1-31H. The molecule has 1 nitrogen and oxygen atoms in total. The number of hydrogen-bond acceptors (Lipinski definition) is 1. The van der Waals surface area contributed by atoms with Crippen molar-refractivity contribution in [3.8, 4) is 39.1 Å². The van der Waals surface area contributed by atoms with Crippen molar-refractivity contribution < 1.29 is 0 Å². The average Bonchev–Trinajstić information content (AvgIpc) is 3.76. The summed E-state index contributed by atoms with van der Waals surface area (Å²) in [5, 5.41) is 10.2. The summed E-state index contributed by atoms with van der Waals surface area (Å²) in [4.78, 5) is 0. The van der Waals surface area contributed by atoms with Gasteiger partial charge < -0.3 is 4.57 Å². The SMILES string of the molecule is c1ccc(-c2ccccc2-c2cc3ccccc3c3cc(-c4ccc5c(c4)c4ccccc4n5-c4cccc5c4sc4ccccc45)ccc23)cc1. The van der Waals surface area contributed by atoms with Crippen LogP contribution in [0.3, 0.4) is 0 Å². The topological polar surface area (TPSA) is 4.93 Å². The molecule has 11 rings (SSSR count). The minimum atomic E-state index is 1.22. The lowest BCUT2D eigenvalue weighted by Gasteiger charge is -2.16. The van der Waals surface area contributed by atoms with Crippen molar-refractivity contribution in [3.63, 3.8) is 0 Å². The molecule has 11 aromatic rings. The first-order valence-electron chi connectivity index (χ1n) is 17.8. The van der Waals surface area contributed by atoms with Gasteiger partial charge in [-0.3, -0.25) is 0 Å². The van der Waals surface area contributed by atoms with Gasteiger partial charge in [-0.05, 0) is 97.4 Å². The summed E-state index contributed by atoms with van der Waals surface area (Å²) in [5.74, 6) is 0. The molecule has 0 aliphatic rings. The molecule has 0 spiro atoms. The zero-order chi connectivity index (χ0) is 34.2. The summed E-state index contributed by atoms with van der Waals surface area (Å²) in [6.07, 6.45) is 0. The Kier molecular flexibility index (Phi) is 6.49. The van der Waals surface area contributed by atoms with Gasteiger partial charge in [0.2, 0.25) is 0 Å². The summed E-state index contributed by atoms with van der Waals surface area (Å²) >= 11 is 1.88.